The molecule has 88 valence electrons. The Balaban J connectivity index is 0.00000256. The third-order valence-electron chi connectivity index (χ3n) is 2.08. The fraction of sp³-hybridized carbons (Fsp3) is 0.273. The molecule has 0 aromatic heterocycles. The number of benzene rings is 1. The minimum atomic E-state index is -4.91. The van der Waals surface area contributed by atoms with Crippen molar-refractivity contribution < 1.29 is 69.1 Å². The summed E-state index contributed by atoms with van der Waals surface area (Å²) in [7, 11) is 0. The van der Waals surface area contributed by atoms with Gasteiger partial charge in [0.1, 0.15) is 5.75 Å². The molecule has 1 aromatic carbocycles. The zero-order valence-corrected chi connectivity index (χ0v) is 13.0. The van der Waals surface area contributed by atoms with E-state index in [0.29, 0.717) is 12.4 Å². The number of hydrogen-bond acceptors (Lipinski definition) is 1. The van der Waals surface area contributed by atoms with Crippen LogP contribution in [-0.2, 0) is 0 Å². The van der Waals surface area contributed by atoms with Crippen LogP contribution in [0.25, 0.3) is 0 Å². The fourth-order valence-corrected chi connectivity index (χ4v) is 1.20. The minimum Gasteiger partial charge on any atom is -0.494 e. The quantitative estimate of drug-likeness (QED) is 0.403. The number of hydrogen-bond donors (Lipinski definition) is 0. The number of unbranched alkanes of at least 4 members (excludes halogenated alkanes) is 1. The van der Waals surface area contributed by atoms with E-state index in [1.54, 1.807) is 6.08 Å². The van der Waals surface area contributed by atoms with E-state index in [0.717, 1.165) is 25.0 Å². The second-order valence-electron chi connectivity index (χ2n) is 3.42. The van der Waals surface area contributed by atoms with E-state index in [9.17, 15) is 12.9 Å². The molecular formula is C11H13BF3KO. The summed E-state index contributed by atoms with van der Waals surface area (Å²) in [6.07, 6.45) is 3.43. The molecule has 0 saturated carbocycles. The molecule has 1 aromatic rings. The van der Waals surface area contributed by atoms with Gasteiger partial charge in [-0.15, -0.1) is 12.0 Å². The Bertz CT molecular complexity index is 338. The number of rotatable bonds is 6. The summed E-state index contributed by atoms with van der Waals surface area (Å²) in [6, 6.07) is 4.78. The molecule has 1 nitrogen and oxygen atoms in total. The Hall–Kier alpha value is 0.251. The van der Waals surface area contributed by atoms with Gasteiger partial charge >= 0.3 is 58.4 Å². The zero-order valence-electron chi connectivity index (χ0n) is 9.83. The van der Waals surface area contributed by atoms with Crippen LogP contribution in [0, 0.1) is 0 Å². The van der Waals surface area contributed by atoms with Crippen LogP contribution in [0.5, 0.6) is 5.75 Å². The molecule has 0 radical (unpaired) electrons. The first-order valence-corrected chi connectivity index (χ1v) is 5.07. The Morgan fingerprint density at radius 1 is 1.18 bits per heavy atom. The predicted octanol–water partition coefficient (Wildman–Crippen LogP) is 0.0900. The molecule has 0 saturated heterocycles. The minimum absolute atomic E-state index is 0. The molecule has 0 heterocycles. The molecule has 17 heavy (non-hydrogen) atoms. The third kappa shape index (κ3) is 6.67. The van der Waals surface area contributed by atoms with Gasteiger partial charge in [-0.3, -0.25) is 0 Å². The van der Waals surface area contributed by atoms with E-state index in [2.05, 4.69) is 6.58 Å². The van der Waals surface area contributed by atoms with E-state index in [1.807, 2.05) is 0 Å². The van der Waals surface area contributed by atoms with Crippen LogP contribution in [-0.4, -0.2) is 13.6 Å². The van der Waals surface area contributed by atoms with Crippen LogP contribution in [0.15, 0.2) is 36.9 Å². The van der Waals surface area contributed by atoms with Crippen molar-refractivity contribution in [2.24, 2.45) is 0 Å². The van der Waals surface area contributed by atoms with Crippen molar-refractivity contribution in [3.8, 4) is 5.75 Å². The molecule has 0 fully saturated rings. The van der Waals surface area contributed by atoms with Gasteiger partial charge in [-0.05, 0) is 25.0 Å². The molecule has 0 aliphatic rings. The van der Waals surface area contributed by atoms with Gasteiger partial charge in [-0.25, -0.2) is 0 Å². The van der Waals surface area contributed by atoms with Crippen LogP contribution < -0.4 is 61.6 Å². The van der Waals surface area contributed by atoms with Crippen molar-refractivity contribution in [3.05, 3.63) is 36.9 Å². The number of halogens is 3. The third-order valence-corrected chi connectivity index (χ3v) is 2.08. The van der Waals surface area contributed by atoms with Crippen molar-refractivity contribution >= 4 is 12.4 Å². The molecule has 0 atom stereocenters. The van der Waals surface area contributed by atoms with Crippen LogP contribution in [0.1, 0.15) is 12.8 Å². The molecule has 0 amide bonds. The molecule has 0 aliphatic carbocycles. The van der Waals surface area contributed by atoms with Gasteiger partial charge in [0.05, 0.1) is 6.61 Å². The van der Waals surface area contributed by atoms with Crippen molar-refractivity contribution in [3.63, 3.8) is 0 Å². The largest absolute Gasteiger partial charge is 1.00 e. The average Bonchev–Trinajstić information content (AvgIpc) is 2.24. The van der Waals surface area contributed by atoms with Crippen LogP contribution in [0.2, 0.25) is 0 Å². The van der Waals surface area contributed by atoms with Crippen molar-refractivity contribution in [2.75, 3.05) is 6.61 Å². The molecule has 0 N–H and O–H groups in total. The summed E-state index contributed by atoms with van der Waals surface area (Å²) in [6.45, 7) is -0.857. The van der Waals surface area contributed by atoms with E-state index in [1.165, 1.54) is 12.1 Å². The van der Waals surface area contributed by atoms with Gasteiger partial charge < -0.3 is 17.7 Å². The number of allylic oxidation sites excluding steroid dienone is 1. The van der Waals surface area contributed by atoms with Gasteiger partial charge in [-0.2, -0.15) is 0 Å². The van der Waals surface area contributed by atoms with Gasteiger partial charge in [-0.1, -0.05) is 18.2 Å². The predicted molar refractivity (Wildman–Crippen MR) is 60.1 cm³/mol. The van der Waals surface area contributed by atoms with E-state index in [-0.39, 0.29) is 51.4 Å². The summed E-state index contributed by atoms with van der Waals surface area (Å²) in [5.41, 5.74) is -0.599. The zero-order chi connectivity index (χ0) is 12.0. The maximum absolute atomic E-state index is 12.3. The van der Waals surface area contributed by atoms with Crippen molar-refractivity contribution in [1.29, 1.82) is 0 Å². The monoisotopic (exact) mass is 268 g/mol. The SMILES string of the molecule is C=CCCCOc1ccc([B-](F)(F)F)cc1.[K+]. The smallest absolute Gasteiger partial charge is 0.494 e. The molecule has 0 spiro atoms. The molecule has 6 heteroatoms. The van der Waals surface area contributed by atoms with E-state index in [4.69, 9.17) is 4.74 Å². The van der Waals surface area contributed by atoms with Crippen LogP contribution in [0.4, 0.5) is 12.9 Å². The van der Waals surface area contributed by atoms with Gasteiger partial charge in [0.15, 0.2) is 0 Å². The topological polar surface area (TPSA) is 9.23 Å². The first-order valence-electron chi connectivity index (χ1n) is 5.07. The molecule has 0 bridgehead atoms. The maximum Gasteiger partial charge on any atom is 1.00 e. The van der Waals surface area contributed by atoms with E-state index < -0.39 is 12.4 Å². The van der Waals surface area contributed by atoms with E-state index >= 15 is 0 Å². The van der Waals surface area contributed by atoms with Gasteiger partial charge in [0, 0.05) is 0 Å². The van der Waals surface area contributed by atoms with Gasteiger partial charge in [0.25, 0.3) is 0 Å². The summed E-state index contributed by atoms with van der Waals surface area (Å²) < 4.78 is 42.1. The Morgan fingerprint density at radius 3 is 2.24 bits per heavy atom. The normalized spacial score (nSPS) is 10.5. The number of ether oxygens (including phenoxy) is 1. The summed E-state index contributed by atoms with van der Waals surface area (Å²) >= 11 is 0. The van der Waals surface area contributed by atoms with Crippen molar-refractivity contribution in [2.45, 2.75) is 12.8 Å². The fourth-order valence-electron chi connectivity index (χ4n) is 1.20. The first-order chi connectivity index (χ1) is 7.54. The Kier molecular flexibility index (Phi) is 8.49. The molecule has 0 unspecified atom stereocenters. The summed E-state index contributed by atoms with van der Waals surface area (Å²) in [5.74, 6) is 0.466. The Morgan fingerprint density at radius 2 is 1.76 bits per heavy atom. The van der Waals surface area contributed by atoms with Crippen LogP contribution >= 0.6 is 0 Å². The van der Waals surface area contributed by atoms with Gasteiger partial charge in [0.2, 0.25) is 0 Å². The first kappa shape index (κ1) is 17.3. The molecule has 1 rings (SSSR count). The molecule has 0 aliphatic heterocycles. The average molecular weight is 268 g/mol. The van der Waals surface area contributed by atoms with Crippen LogP contribution in [0.3, 0.4) is 0 Å². The maximum atomic E-state index is 12.3. The molecular weight excluding hydrogens is 255 g/mol. The summed E-state index contributed by atoms with van der Waals surface area (Å²) in [4.78, 5) is 0. The Labute approximate surface area is 142 Å². The van der Waals surface area contributed by atoms with Crippen molar-refractivity contribution in [1.82, 2.24) is 0 Å². The summed E-state index contributed by atoms with van der Waals surface area (Å²) in [5, 5.41) is 0. The standard InChI is InChI=1S/C11H13BF3O.K/c1-2-3-4-9-16-11-7-5-10(6-8-11)12(13,14)15;/h2,5-8H,1,3-4,9H2;/q-1;+1. The second kappa shape index (κ2) is 8.37. The second-order valence-corrected chi connectivity index (χ2v) is 3.42.